The molecular weight excluding hydrogens is 274 g/mol. The maximum absolute atomic E-state index is 12.4. The highest BCUT2D eigenvalue weighted by Gasteiger charge is 2.24. The first-order chi connectivity index (χ1) is 9.31. The van der Waals surface area contributed by atoms with Gasteiger partial charge in [-0.25, -0.2) is 13.1 Å². The summed E-state index contributed by atoms with van der Waals surface area (Å²) in [5.74, 6) is 0. The molecule has 1 saturated heterocycles. The molecule has 1 aliphatic heterocycles. The van der Waals surface area contributed by atoms with E-state index in [0.717, 1.165) is 30.5 Å². The normalized spacial score (nSPS) is 20.4. The van der Waals surface area contributed by atoms with Crippen LogP contribution in [0.3, 0.4) is 0 Å². The molecule has 0 aromatic heterocycles. The fraction of sp³-hybridized carbons (Fsp3) is 0.571. The number of nitrogens with zero attached hydrogens (tertiary/aromatic N) is 1. The highest BCUT2D eigenvalue weighted by atomic mass is 32.2. The summed E-state index contributed by atoms with van der Waals surface area (Å²) in [6.45, 7) is 5.27. The van der Waals surface area contributed by atoms with Crippen LogP contribution >= 0.6 is 0 Å². The molecule has 1 fully saturated rings. The maximum Gasteiger partial charge on any atom is 0.242 e. The smallest absolute Gasteiger partial charge is 0.242 e. The second-order valence-corrected chi connectivity index (χ2v) is 7.34. The minimum Gasteiger partial charge on any atom is -0.398 e. The Morgan fingerprint density at radius 2 is 2.00 bits per heavy atom. The third-order valence-corrected chi connectivity index (χ3v) is 5.58. The number of hydrogen-bond donors (Lipinski definition) is 2. The summed E-state index contributed by atoms with van der Waals surface area (Å²) < 4.78 is 27.4. The zero-order valence-electron chi connectivity index (χ0n) is 12.3. The number of sulfonamides is 1. The number of nitrogens with one attached hydrogen (secondary N) is 1. The summed E-state index contributed by atoms with van der Waals surface area (Å²) in [7, 11) is -1.52. The number of likely N-dealkylation sites (N-methyl/N-ethyl adjacent to an activating group) is 1. The van der Waals surface area contributed by atoms with Crippen molar-refractivity contribution < 1.29 is 8.42 Å². The summed E-state index contributed by atoms with van der Waals surface area (Å²) >= 11 is 0. The minimum atomic E-state index is -3.54. The van der Waals surface area contributed by atoms with Crippen LogP contribution in [-0.4, -0.2) is 39.5 Å². The van der Waals surface area contributed by atoms with Crippen molar-refractivity contribution in [2.75, 3.05) is 25.9 Å². The Labute approximate surface area is 121 Å². The van der Waals surface area contributed by atoms with Gasteiger partial charge in [0.05, 0.1) is 5.69 Å². The molecule has 1 aliphatic rings. The summed E-state index contributed by atoms with van der Waals surface area (Å²) in [5, 5.41) is 0. The van der Waals surface area contributed by atoms with Gasteiger partial charge >= 0.3 is 0 Å². The molecule has 1 unspecified atom stereocenters. The number of rotatable bonds is 4. The number of nitrogens with two attached hydrogens (primary N) is 1. The number of aryl methyl sites for hydroxylation is 2. The van der Waals surface area contributed by atoms with Crippen molar-refractivity contribution in [1.82, 2.24) is 9.62 Å². The van der Waals surface area contributed by atoms with Crippen molar-refractivity contribution in [3.8, 4) is 0 Å². The van der Waals surface area contributed by atoms with Gasteiger partial charge in [-0.15, -0.1) is 0 Å². The van der Waals surface area contributed by atoms with Crippen LogP contribution in [0.4, 0.5) is 5.69 Å². The lowest BCUT2D eigenvalue weighted by molar-refractivity contribution is 0.311. The Kier molecular flexibility index (Phi) is 4.36. The number of likely N-dealkylation sites (tertiary alicyclic amines) is 1. The van der Waals surface area contributed by atoms with Crippen LogP contribution in [0.15, 0.2) is 17.0 Å². The minimum absolute atomic E-state index is 0.182. The second-order valence-electron chi connectivity index (χ2n) is 5.60. The van der Waals surface area contributed by atoms with Crippen LogP contribution in [-0.2, 0) is 10.0 Å². The van der Waals surface area contributed by atoms with E-state index in [9.17, 15) is 8.42 Å². The summed E-state index contributed by atoms with van der Waals surface area (Å²) in [6, 6.07) is 3.63. The van der Waals surface area contributed by atoms with Crippen molar-refractivity contribution >= 4 is 15.7 Å². The third kappa shape index (κ3) is 3.13. The molecule has 1 heterocycles. The van der Waals surface area contributed by atoms with Gasteiger partial charge in [0.2, 0.25) is 10.0 Å². The van der Waals surface area contributed by atoms with Crippen molar-refractivity contribution in [2.45, 2.75) is 37.6 Å². The number of benzene rings is 1. The van der Waals surface area contributed by atoms with Crippen molar-refractivity contribution in [3.63, 3.8) is 0 Å². The van der Waals surface area contributed by atoms with Crippen LogP contribution in [0.5, 0.6) is 0 Å². The Hall–Kier alpha value is -1.11. The molecule has 0 aliphatic carbocycles. The van der Waals surface area contributed by atoms with E-state index in [0.29, 0.717) is 12.2 Å². The van der Waals surface area contributed by atoms with E-state index in [-0.39, 0.29) is 10.9 Å². The van der Waals surface area contributed by atoms with Gasteiger partial charge in [0.1, 0.15) is 4.90 Å². The van der Waals surface area contributed by atoms with Gasteiger partial charge in [-0.1, -0.05) is 0 Å². The van der Waals surface area contributed by atoms with Gasteiger partial charge in [-0.05, 0) is 63.5 Å². The molecule has 6 heteroatoms. The van der Waals surface area contributed by atoms with Crippen LogP contribution in [0.25, 0.3) is 0 Å². The van der Waals surface area contributed by atoms with Crippen molar-refractivity contribution in [1.29, 1.82) is 0 Å². The first-order valence-corrected chi connectivity index (χ1v) is 8.36. The number of hydrogen-bond acceptors (Lipinski definition) is 4. The van der Waals surface area contributed by atoms with Gasteiger partial charge < -0.3 is 10.6 Å². The van der Waals surface area contributed by atoms with E-state index < -0.39 is 10.0 Å². The van der Waals surface area contributed by atoms with E-state index in [1.807, 2.05) is 20.9 Å². The van der Waals surface area contributed by atoms with Gasteiger partial charge in [0, 0.05) is 12.6 Å². The fourth-order valence-corrected chi connectivity index (χ4v) is 3.83. The predicted octanol–water partition coefficient (Wildman–Crippen LogP) is 1.26. The van der Waals surface area contributed by atoms with Crippen molar-refractivity contribution in [3.05, 3.63) is 23.3 Å². The first-order valence-electron chi connectivity index (χ1n) is 6.88. The molecule has 20 heavy (non-hydrogen) atoms. The van der Waals surface area contributed by atoms with Crippen LogP contribution in [0.1, 0.15) is 24.0 Å². The lowest BCUT2D eigenvalue weighted by atomic mass is 10.1. The third-order valence-electron chi connectivity index (χ3n) is 4.10. The zero-order valence-corrected chi connectivity index (χ0v) is 13.1. The van der Waals surface area contributed by atoms with Crippen LogP contribution < -0.4 is 10.5 Å². The van der Waals surface area contributed by atoms with Crippen LogP contribution in [0, 0.1) is 13.8 Å². The fourth-order valence-electron chi connectivity index (χ4n) is 2.57. The van der Waals surface area contributed by atoms with E-state index >= 15 is 0 Å². The zero-order chi connectivity index (χ0) is 14.9. The average molecular weight is 297 g/mol. The monoisotopic (exact) mass is 297 g/mol. The molecule has 0 saturated carbocycles. The van der Waals surface area contributed by atoms with E-state index in [1.165, 1.54) is 0 Å². The standard InChI is InChI=1S/C14H23N3O2S/c1-10-7-13(15)14(8-11(10)2)20(18,19)16-9-12-5-4-6-17(12)3/h7-8,12,16H,4-6,9,15H2,1-3H3. The maximum atomic E-state index is 12.4. The Bertz CT molecular complexity index is 599. The van der Waals surface area contributed by atoms with Gasteiger partial charge in [0.25, 0.3) is 0 Å². The van der Waals surface area contributed by atoms with Gasteiger partial charge in [0.15, 0.2) is 0 Å². The molecule has 1 aromatic carbocycles. The molecule has 5 nitrogen and oxygen atoms in total. The average Bonchev–Trinajstić information content (AvgIpc) is 2.77. The Morgan fingerprint density at radius 1 is 1.35 bits per heavy atom. The van der Waals surface area contributed by atoms with E-state index in [2.05, 4.69) is 9.62 Å². The van der Waals surface area contributed by atoms with Gasteiger partial charge in [-0.3, -0.25) is 0 Å². The lowest BCUT2D eigenvalue weighted by Gasteiger charge is -2.20. The summed E-state index contributed by atoms with van der Waals surface area (Å²) in [4.78, 5) is 2.37. The molecular formula is C14H23N3O2S. The molecule has 0 bridgehead atoms. The highest BCUT2D eigenvalue weighted by molar-refractivity contribution is 7.89. The van der Waals surface area contributed by atoms with E-state index in [4.69, 9.17) is 5.73 Å². The topological polar surface area (TPSA) is 75.4 Å². The molecule has 112 valence electrons. The molecule has 0 spiro atoms. The molecule has 2 rings (SSSR count). The van der Waals surface area contributed by atoms with Gasteiger partial charge in [-0.2, -0.15) is 0 Å². The molecule has 0 amide bonds. The molecule has 3 N–H and O–H groups in total. The largest absolute Gasteiger partial charge is 0.398 e. The predicted molar refractivity (Wildman–Crippen MR) is 81.2 cm³/mol. The Balaban J connectivity index is 2.16. The van der Waals surface area contributed by atoms with Crippen molar-refractivity contribution in [2.24, 2.45) is 0 Å². The number of anilines is 1. The highest BCUT2D eigenvalue weighted by Crippen LogP contribution is 2.23. The molecule has 0 radical (unpaired) electrons. The van der Waals surface area contributed by atoms with Crippen LogP contribution in [0.2, 0.25) is 0 Å². The molecule has 1 atom stereocenters. The lowest BCUT2D eigenvalue weighted by Crippen LogP contribution is -2.38. The second kappa shape index (κ2) is 5.71. The van der Waals surface area contributed by atoms with E-state index in [1.54, 1.807) is 12.1 Å². The molecule has 1 aromatic rings. The summed E-state index contributed by atoms with van der Waals surface area (Å²) in [5.41, 5.74) is 8.09. The first kappa shape index (κ1) is 15.3. The summed E-state index contributed by atoms with van der Waals surface area (Å²) in [6.07, 6.45) is 2.15. The SMILES string of the molecule is Cc1cc(N)c(S(=O)(=O)NCC2CCCN2C)cc1C. The number of nitrogen functional groups attached to an aromatic ring is 1. The quantitative estimate of drug-likeness (QED) is 0.820. The Morgan fingerprint density at radius 3 is 2.60 bits per heavy atom.